The van der Waals surface area contributed by atoms with Crippen molar-refractivity contribution in [2.24, 2.45) is 10.8 Å². The van der Waals surface area contributed by atoms with E-state index in [2.05, 4.69) is 5.10 Å². The average molecular weight is 178 g/mol. The molecule has 0 aromatic heterocycles. The molecule has 4 N–H and O–H groups in total. The van der Waals surface area contributed by atoms with E-state index in [1.807, 2.05) is 31.3 Å². The van der Waals surface area contributed by atoms with E-state index in [0.717, 1.165) is 17.8 Å². The molecule has 0 heterocycles. The Bertz CT molecular complexity index is 278. The number of nitrogens with two attached hydrogens (primary N) is 2. The number of anilines is 1. The van der Waals surface area contributed by atoms with Gasteiger partial charge in [0, 0.05) is 12.7 Å². The Morgan fingerprint density at radius 1 is 1.38 bits per heavy atom. The van der Waals surface area contributed by atoms with Crippen LogP contribution in [-0.2, 0) is 6.54 Å². The summed E-state index contributed by atoms with van der Waals surface area (Å²) < 4.78 is 0. The molecule has 0 bridgehead atoms. The summed E-state index contributed by atoms with van der Waals surface area (Å²) in [6.45, 7) is 0.730. The van der Waals surface area contributed by atoms with Crippen molar-refractivity contribution in [3.8, 4) is 0 Å². The topological polar surface area (TPSA) is 67.6 Å². The fourth-order valence-electron chi connectivity index (χ4n) is 1.04. The minimum Gasteiger partial charge on any atom is -0.399 e. The highest BCUT2D eigenvalue weighted by Gasteiger charge is 1.95. The number of hydrazone groups is 1. The zero-order valence-electron chi connectivity index (χ0n) is 7.64. The van der Waals surface area contributed by atoms with Crippen LogP contribution in [0.1, 0.15) is 5.56 Å². The van der Waals surface area contributed by atoms with Crippen LogP contribution < -0.4 is 11.5 Å². The van der Waals surface area contributed by atoms with Crippen LogP contribution in [0.5, 0.6) is 0 Å². The van der Waals surface area contributed by atoms with E-state index < -0.39 is 0 Å². The van der Waals surface area contributed by atoms with Gasteiger partial charge < -0.3 is 11.5 Å². The van der Waals surface area contributed by atoms with E-state index in [4.69, 9.17) is 11.5 Å². The molecule has 0 spiro atoms. The standard InChI is InChI=1S/C9H14N4/c1-13(12-7-10)6-8-2-4-9(11)5-3-8/h2-5,7H,6,11H2,1H3,(H2,10,12). The molecular weight excluding hydrogens is 164 g/mol. The molecule has 1 aromatic carbocycles. The number of hydrogen-bond acceptors (Lipinski definition) is 3. The first-order valence-electron chi connectivity index (χ1n) is 4.02. The van der Waals surface area contributed by atoms with Crippen LogP contribution in [0.2, 0.25) is 0 Å². The van der Waals surface area contributed by atoms with Crippen molar-refractivity contribution < 1.29 is 0 Å². The number of rotatable bonds is 3. The van der Waals surface area contributed by atoms with E-state index in [1.165, 1.54) is 6.34 Å². The van der Waals surface area contributed by atoms with Crippen LogP contribution in [0, 0.1) is 0 Å². The SMILES string of the molecule is CN(Cc1ccc(N)cc1)/N=C\N. The summed E-state index contributed by atoms with van der Waals surface area (Å²) in [7, 11) is 1.86. The Balaban J connectivity index is 2.59. The molecule has 0 saturated carbocycles. The van der Waals surface area contributed by atoms with Gasteiger partial charge in [0.1, 0.15) is 6.34 Å². The van der Waals surface area contributed by atoms with Crippen molar-refractivity contribution in [3.63, 3.8) is 0 Å². The second-order valence-corrected chi connectivity index (χ2v) is 2.82. The zero-order chi connectivity index (χ0) is 9.68. The maximum Gasteiger partial charge on any atom is 0.106 e. The minimum absolute atomic E-state index is 0.730. The van der Waals surface area contributed by atoms with Crippen LogP contribution in [0.15, 0.2) is 29.4 Å². The summed E-state index contributed by atoms with van der Waals surface area (Å²) in [5, 5.41) is 5.65. The highest BCUT2D eigenvalue weighted by atomic mass is 15.4. The van der Waals surface area contributed by atoms with Gasteiger partial charge in [0.15, 0.2) is 0 Å². The molecule has 4 heteroatoms. The third kappa shape index (κ3) is 3.02. The van der Waals surface area contributed by atoms with Gasteiger partial charge in [-0.15, -0.1) is 0 Å². The van der Waals surface area contributed by atoms with Crippen molar-refractivity contribution in [1.82, 2.24) is 5.01 Å². The van der Waals surface area contributed by atoms with Gasteiger partial charge in [-0.05, 0) is 17.7 Å². The van der Waals surface area contributed by atoms with Crippen LogP contribution in [-0.4, -0.2) is 18.4 Å². The lowest BCUT2D eigenvalue weighted by Crippen LogP contribution is -2.12. The third-order valence-corrected chi connectivity index (χ3v) is 1.65. The predicted molar refractivity (Wildman–Crippen MR) is 55.0 cm³/mol. The molecule has 0 aliphatic heterocycles. The lowest BCUT2D eigenvalue weighted by atomic mass is 10.2. The Hall–Kier alpha value is -1.71. The number of hydrogen-bond donors (Lipinski definition) is 2. The predicted octanol–water partition coefficient (Wildman–Crippen LogP) is 0.603. The Kier molecular flexibility index (Phi) is 3.14. The van der Waals surface area contributed by atoms with Crippen LogP contribution in [0.4, 0.5) is 5.69 Å². The fourth-order valence-corrected chi connectivity index (χ4v) is 1.04. The number of nitrogens with zero attached hydrogens (tertiary/aromatic N) is 2. The molecule has 70 valence electrons. The zero-order valence-corrected chi connectivity index (χ0v) is 7.64. The van der Waals surface area contributed by atoms with Crippen molar-refractivity contribution >= 4 is 12.0 Å². The van der Waals surface area contributed by atoms with Gasteiger partial charge in [0.2, 0.25) is 0 Å². The van der Waals surface area contributed by atoms with Crippen molar-refractivity contribution in [2.45, 2.75) is 6.54 Å². The largest absolute Gasteiger partial charge is 0.399 e. The first-order chi connectivity index (χ1) is 6.22. The molecule has 0 aliphatic carbocycles. The lowest BCUT2D eigenvalue weighted by molar-refractivity contribution is 0.348. The summed E-state index contributed by atoms with van der Waals surface area (Å²) in [5.41, 5.74) is 12.6. The summed E-state index contributed by atoms with van der Waals surface area (Å²) in [4.78, 5) is 0. The minimum atomic E-state index is 0.730. The molecular formula is C9H14N4. The summed E-state index contributed by atoms with van der Waals surface area (Å²) >= 11 is 0. The smallest absolute Gasteiger partial charge is 0.106 e. The maximum absolute atomic E-state index is 5.55. The van der Waals surface area contributed by atoms with Gasteiger partial charge in [-0.3, -0.25) is 5.01 Å². The lowest BCUT2D eigenvalue weighted by Gasteiger charge is -2.11. The van der Waals surface area contributed by atoms with Crippen molar-refractivity contribution in [1.29, 1.82) is 0 Å². The second kappa shape index (κ2) is 4.35. The fraction of sp³-hybridized carbons (Fsp3) is 0.222. The van der Waals surface area contributed by atoms with Crippen LogP contribution in [0.25, 0.3) is 0 Å². The normalized spacial score (nSPS) is 10.5. The molecule has 0 unspecified atom stereocenters. The first-order valence-corrected chi connectivity index (χ1v) is 4.02. The van der Waals surface area contributed by atoms with Gasteiger partial charge in [0.25, 0.3) is 0 Å². The number of nitrogen functional groups attached to an aromatic ring is 1. The molecule has 0 radical (unpaired) electrons. The van der Waals surface area contributed by atoms with E-state index in [9.17, 15) is 0 Å². The van der Waals surface area contributed by atoms with Gasteiger partial charge in [-0.2, -0.15) is 5.10 Å². The van der Waals surface area contributed by atoms with Gasteiger partial charge >= 0.3 is 0 Å². The Morgan fingerprint density at radius 3 is 2.54 bits per heavy atom. The molecule has 0 aliphatic rings. The Morgan fingerprint density at radius 2 is 2.00 bits per heavy atom. The summed E-state index contributed by atoms with van der Waals surface area (Å²) in [5.74, 6) is 0. The van der Waals surface area contributed by atoms with Gasteiger partial charge in [0.05, 0.1) is 6.54 Å². The van der Waals surface area contributed by atoms with Crippen LogP contribution >= 0.6 is 0 Å². The average Bonchev–Trinajstić information content (AvgIpc) is 2.09. The molecule has 1 aromatic rings. The highest BCUT2D eigenvalue weighted by molar-refractivity contribution is 5.50. The highest BCUT2D eigenvalue weighted by Crippen LogP contribution is 2.07. The Labute approximate surface area is 77.8 Å². The molecule has 0 amide bonds. The van der Waals surface area contributed by atoms with Crippen molar-refractivity contribution in [2.75, 3.05) is 12.8 Å². The third-order valence-electron chi connectivity index (χ3n) is 1.65. The molecule has 4 nitrogen and oxygen atoms in total. The quantitative estimate of drug-likeness (QED) is 0.308. The van der Waals surface area contributed by atoms with Gasteiger partial charge in [-0.1, -0.05) is 12.1 Å². The first kappa shape index (κ1) is 9.38. The van der Waals surface area contributed by atoms with Crippen molar-refractivity contribution in [3.05, 3.63) is 29.8 Å². The van der Waals surface area contributed by atoms with Crippen LogP contribution in [0.3, 0.4) is 0 Å². The number of benzene rings is 1. The summed E-state index contributed by atoms with van der Waals surface area (Å²) in [6, 6.07) is 7.68. The second-order valence-electron chi connectivity index (χ2n) is 2.82. The molecule has 13 heavy (non-hydrogen) atoms. The van der Waals surface area contributed by atoms with Gasteiger partial charge in [-0.25, -0.2) is 0 Å². The molecule has 0 fully saturated rings. The molecule has 0 atom stereocenters. The monoisotopic (exact) mass is 178 g/mol. The van der Waals surface area contributed by atoms with E-state index in [1.54, 1.807) is 5.01 Å². The van der Waals surface area contributed by atoms with E-state index in [0.29, 0.717) is 0 Å². The maximum atomic E-state index is 5.55. The van der Waals surface area contributed by atoms with E-state index >= 15 is 0 Å². The molecule has 1 rings (SSSR count). The summed E-state index contributed by atoms with van der Waals surface area (Å²) in [6.07, 6.45) is 1.28. The van der Waals surface area contributed by atoms with E-state index in [-0.39, 0.29) is 0 Å². The molecule has 0 saturated heterocycles.